The van der Waals surface area contributed by atoms with Crippen molar-refractivity contribution in [3.8, 4) is 22.6 Å². The van der Waals surface area contributed by atoms with Crippen molar-refractivity contribution < 1.29 is 9.50 Å². The molecule has 3 aromatic heterocycles. The van der Waals surface area contributed by atoms with Crippen LogP contribution in [0.4, 0.5) is 10.2 Å². The molecule has 0 spiro atoms. The fourth-order valence-corrected chi connectivity index (χ4v) is 3.26. The van der Waals surface area contributed by atoms with E-state index in [0.29, 0.717) is 11.3 Å². The minimum atomic E-state index is -0.293. The Kier molecular flexibility index (Phi) is 5.26. The van der Waals surface area contributed by atoms with Crippen molar-refractivity contribution in [3.63, 3.8) is 0 Å². The van der Waals surface area contributed by atoms with Crippen LogP contribution in [0.5, 0.6) is 0 Å². The molecule has 0 atom stereocenters. The number of rotatable bonds is 5. The van der Waals surface area contributed by atoms with Crippen LogP contribution in [0, 0.1) is 11.2 Å². The van der Waals surface area contributed by atoms with Crippen molar-refractivity contribution >= 4 is 11.5 Å². The van der Waals surface area contributed by atoms with Crippen LogP contribution in [-0.2, 0) is 6.61 Å². The lowest BCUT2D eigenvalue weighted by Crippen LogP contribution is -2.19. The molecule has 5 nitrogen and oxygen atoms in total. The topological polar surface area (TPSA) is 62.5 Å². The number of aromatic nitrogens is 3. The summed E-state index contributed by atoms with van der Waals surface area (Å²) in [7, 11) is 0. The fraction of sp³-hybridized carbons (Fsp3) is 0.250. The molecule has 4 aromatic rings. The summed E-state index contributed by atoms with van der Waals surface area (Å²) in [5, 5.41) is 12.9. The summed E-state index contributed by atoms with van der Waals surface area (Å²) in [6.45, 7) is 7.23. The Hall–Kier alpha value is -3.25. The van der Waals surface area contributed by atoms with Crippen LogP contribution in [0.2, 0.25) is 0 Å². The number of hydrogen-bond donors (Lipinski definition) is 2. The van der Waals surface area contributed by atoms with Crippen LogP contribution >= 0.6 is 0 Å². The first kappa shape index (κ1) is 20.0. The van der Waals surface area contributed by atoms with Crippen molar-refractivity contribution in [3.05, 3.63) is 72.2 Å². The predicted molar refractivity (Wildman–Crippen MR) is 118 cm³/mol. The number of nitrogens with one attached hydrogen (secondary N) is 1. The van der Waals surface area contributed by atoms with Crippen LogP contribution in [-0.4, -0.2) is 26.0 Å². The van der Waals surface area contributed by atoms with E-state index in [1.165, 1.54) is 12.1 Å². The maximum atomic E-state index is 13.5. The van der Waals surface area contributed by atoms with E-state index in [-0.39, 0.29) is 17.8 Å². The molecule has 0 bridgehead atoms. The van der Waals surface area contributed by atoms with Crippen LogP contribution < -0.4 is 5.32 Å². The van der Waals surface area contributed by atoms with E-state index >= 15 is 0 Å². The number of benzene rings is 1. The molecule has 30 heavy (non-hydrogen) atoms. The van der Waals surface area contributed by atoms with Crippen molar-refractivity contribution in [2.24, 2.45) is 5.41 Å². The van der Waals surface area contributed by atoms with Crippen LogP contribution in [0.15, 0.2) is 60.8 Å². The van der Waals surface area contributed by atoms with Gasteiger partial charge in [-0.15, -0.1) is 0 Å². The molecule has 4 rings (SSSR count). The highest BCUT2D eigenvalue weighted by Gasteiger charge is 2.18. The Bertz CT molecular complexity index is 1180. The largest absolute Gasteiger partial charge is 0.392 e. The van der Waals surface area contributed by atoms with Gasteiger partial charge in [-0.25, -0.2) is 14.4 Å². The van der Waals surface area contributed by atoms with E-state index in [0.717, 1.165) is 34.9 Å². The molecule has 1 aromatic carbocycles. The Balaban J connectivity index is 1.86. The average Bonchev–Trinajstić information content (AvgIpc) is 3.11. The molecule has 0 aliphatic heterocycles. The van der Waals surface area contributed by atoms with Gasteiger partial charge in [0, 0.05) is 18.3 Å². The first-order valence-electron chi connectivity index (χ1n) is 9.93. The number of hydrogen-bond acceptors (Lipinski definition) is 4. The lowest BCUT2D eigenvalue weighted by molar-refractivity contribution is 0.282. The van der Waals surface area contributed by atoms with Gasteiger partial charge in [-0.05, 0) is 59.5 Å². The van der Waals surface area contributed by atoms with Gasteiger partial charge < -0.3 is 10.4 Å². The molecular weight excluding hydrogens is 379 g/mol. The summed E-state index contributed by atoms with van der Waals surface area (Å²) in [5.74, 6) is 0.493. The second-order valence-electron chi connectivity index (χ2n) is 8.56. The summed E-state index contributed by atoms with van der Waals surface area (Å²) >= 11 is 0. The first-order chi connectivity index (χ1) is 14.3. The van der Waals surface area contributed by atoms with E-state index in [1.54, 1.807) is 12.1 Å². The number of halogens is 1. The highest BCUT2D eigenvalue weighted by molar-refractivity contribution is 5.81. The van der Waals surface area contributed by atoms with E-state index in [2.05, 4.69) is 26.1 Å². The van der Waals surface area contributed by atoms with Gasteiger partial charge in [0.15, 0.2) is 0 Å². The van der Waals surface area contributed by atoms with Crippen molar-refractivity contribution in [2.75, 3.05) is 11.9 Å². The predicted octanol–water partition coefficient (Wildman–Crippen LogP) is 5.15. The number of fused-ring (bicyclic) bond motifs is 1. The molecular formula is C24H25FN4O. The summed E-state index contributed by atoms with van der Waals surface area (Å²) in [5.41, 5.74) is 4.70. The number of aliphatic hydroxyl groups is 1. The third kappa shape index (κ3) is 4.19. The van der Waals surface area contributed by atoms with Crippen molar-refractivity contribution in [1.82, 2.24) is 14.4 Å². The SMILES string of the molecule is CC(C)(C)CNc1cccc(-c2c(-c3ccc(F)cc3)nc3cc(CO)ccn23)n1. The second kappa shape index (κ2) is 7.88. The lowest BCUT2D eigenvalue weighted by Gasteiger charge is -2.19. The smallest absolute Gasteiger partial charge is 0.138 e. The van der Waals surface area contributed by atoms with Gasteiger partial charge in [0.25, 0.3) is 0 Å². The molecule has 154 valence electrons. The first-order valence-corrected chi connectivity index (χ1v) is 9.93. The molecule has 0 fully saturated rings. The summed E-state index contributed by atoms with van der Waals surface area (Å²) in [6, 6.07) is 15.8. The minimum Gasteiger partial charge on any atom is -0.392 e. The maximum absolute atomic E-state index is 13.5. The highest BCUT2D eigenvalue weighted by Crippen LogP contribution is 2.33. The minimum absolute atomic E-state index is 0.0605. The molecule has 2 N–H and O–H groups in total. The molecule has 0 aliphatic rings. The third-order valence-electron chi connectivity index (χ3n) is 4.78. The van der Waals surface area contributed by atoms with Gasteiger partial charge in [0.1, 0.15) is 17.3 Å². The monoisotopic (exact) mass is 404 g/mol. The van der Waals surface area contributed by atoms with Gasteiger partial charge in [-0.3, -0.25) is 4.40 Å². The number of anilines is 1. The normalized spacial score (nSPS) is 11.8. The van der Waals surface area contributed by atoms with Crippen LogP contribution in [0.25, 0.3) is 28.3 Å². The van der Waals surface area contributed by atoms with Gasteiger partial charge in [-0.1, -0.05) is 26.8 Å². The molecule has 6 heteroatoms. The zero-order valence-corrected chi connectivity index (χ0v) is 17.4. The number of pyridine rings is 2. The van der Waals surface area contributed by atoms with E-state index in [4.69, 9.17) is 9.97 Å². The Labute approximate surface area is 175 Å². The second-order valence-corrected chi connectivity index (χ2v) is 8.56. The molecule has 3 heterocycles. The Morgan fingerprint density at radius 1 is 1.03 bits per heavy atom. The number of imidazole rings is 1. The third-order valence-corrected chi connectivity index (χ3v) is 4.78. The quantitative estimate of drug-likeness (QED) is 0.483. The van der Waals surface area contributed by atoms with E-state index in [9.17, 15) is 9.50 Å². The molecule has 0 unspecified atom stereocenters. The fourth-order valence-electron chi connectivity index (χ4n) is 3.26. The van der Waals surface area contributed by atoms with Crippen molar-refractivity contribution in [1.29, 1.82) is 0 Å². The summed E-state index contributed by atoms with van der Waals surface area (Å²) in [6.07, 6.45) is 1.88. The zero-order chi connectivity index (χ0) is 21.3. The molecule has 0 saturated heterocycles. The van der Waals surface area contributed by atoms with Gasteiger partial charge in [0.2, 0.25) is 0 Å². The molecule has 0 radical (unpaired) electrons. The standard InChI is InChI=1S/C24H25FN4O/c1-24(2,3)15-26-20-6-4-5-19(27-20)23-22(17-7-9-18(25)10-8-17)28-21-13-16(14-30)11-12-29(21)23/h4-13,30H,14-15H2,1-3H3,(H,26,27). The van der Waals surface area contributed by atoms with Gasteiger partial charge in [0.05, 0.1) is 23.7 Å². The van der Waals surface area contributed by atoms with E-state index in [1.807, 2.05) is 40.9 Å². The Morgan fingerprint density at radius 3 is 2.50 bits per heavy atom. The summed E-state index contributed by atoms with van der Waals surface area (Å²) in [4.78, 5) is 9.60. The van der Waals surface area contributed by atoms with Crippen molar-refractivity contribution in [2.45, 2.75) is 27.4 Å². The van der Waals surface area contributed by atoms with Gasteiger partial charge in [-0.2, -0.15) is 0 Å². The lowest BCUT2D eigenvalue weighted by atomic mass is 9.97. The van der Waals surface area contributed by atoms with Gasteiger partial charge >= 0.3 is 0 Å². The zero-order valence-electron chi connectivity index (χ0n) is 17.4. The molecule has 0 amide bonds. The number of nitrogens with zero attached hydrogens (tertiary/aromatic N) is 3. The highest BCUT2D eigenvalue weighted by atomic mass is 19.1. The Morgan fingerprint density at radius 2 is 1.80 bits per heavy atom. The van der Waals surface area contributed by atoms with Crippen LogP contribution in [0.1, 0.15) is 26.3 Å². The molecule has 0 saturated carbocycles. The maximum Gasteiger partial charge on any atom is 0.138 e. The summed E-state index contributed by atoms with van der Waals surface area (Å²) < 4.78 is 15.4. The van der Waals surface area contributed by atoms with E-state index < -0.39 is 0 Å². The number of aliphatic hydroxyl groups excluding tert-OH is 1. The average molecular weight is 404 g/mol. The molecule has 0 aliphatic carbocycles. The van der Waals surface area contributed by atoms with Crippen LogP contribution in [0.3, 0.4) is 0 Å².